The summed E-state index contributed by atoms with van der Waals surface area (Å²) in [5.41, 5.74) is 1.64. The maximum Gasteiger partial charge on any atom is 0.122 e. The molecule has 0 spiro atoms. The van der Waals surface area contributed by atoms with Gasteiger partial charge in [-0.15, -0.1) is 0 Å². The van der Waals surface area contributed by atoms with Crippen LogP contribution in [0.4, 0.5) is 0 Å². The minimum absolute atomic E-state index is 0.0913. The topological polar surface area (TPSA) is 50.7 Å². The van der Waals surface area contributed by atoms with Crippen LogP contribution in [0.25, 0.3) is 0 Å². The molecule has 124 valence electrons. The first kappa shape index (κ1) is 17.3. The van der Waals surface area contributed by atoms with E-state index >= 15 is 0 Å². The van der Waals surface area contributed by atoms with Crippen molar-refractivity contribution in [3.05, 3.63) is 29.3 Å². The number of hydrogen-bond acceptors (Lipinski definition) is 4. The molecule has 1 heterocycles. The number of nitrogens with one attached hydrogen (secondary N) is 1. The molecule has 1 aliphatic heterocycles. The molecule has 0 aromatic heterocycles. The van der Waals surface area contributed by atoms with Crippen molar-refractivity contribution in [1.29, 1.82) is 0 Å². The Hall–Kier alpha value is -1.10. The van der Waals surface area contributed by atoms with E-state index < -0.39 is 5.60 Å². The van der Waals surface area contributed by atoms with E-state index in [2.05, 4.69) is 18.3 Å². The summed E-state index contributed by atoms with van der Waals surface area (Å²) in [6.45, 7) is 9.87. The lowest BCUT2D eigenvalue weighted by Gasteiger charge is -2.27. The molecule has 4 heteroatoms. The van der Waals surface area contributed by atoms with Gasteiger partial charge in [0.15, 0.2) is 0 Å². The fourth-order valence-corrected chi connectivity index (χ4v) is 2.84. The average molecular weight is 307 g/mol. The van der Waals surface area contributed by atoms with E-state index in [1.54, 1.807) is 0 Å². The highest BCUT2D eigenvalue weighted by molar-refractivity contribution is 5.41. The lowest BCUT2D eigenvalue weighted by molar-refractivity contribution is -0.0674. The van der Waals surface area contributed by atoms with Crippen LogP contribution in [0.15, 0.2) is 18.2 Å². The largest absolute Gasteiger partial charge is 0.494 e. The maximum atomic E-state index is 10.1. The van der Waals surface area contributed by atoms with Crippen molar-refractivity contribution in [3.8, 4) is 5.75 Å². The minimum Gasteiger partial charge on any atom is -0.494 e. The lowest BCUT2D eigenvalue weighted by atomic mass is 9.97. The molecule has 1 aromatic rings. The molecule has 3 atom stereocenters. The highest BCUT2D eigenvalue weighted by Crippen LogP contribution is 2.33. The smallest absolute Gasteiger partial charge is 0.122 e. The maximum absolute atomic E-state index is 10.1. The predicted molar refractivity (Wildman–Crippen MR) is 88.4 cm³/mol. The van der Waals surface area contributed by atoms with Gasteiger partial charge in [0, 0.05) is 0 Å². The van der Waals surface area contributed by atoms with Gasteiger partial charge < -0.3 is 19.9 Å². The third kappa shape index (κ3) is 4.00. The van der Waals surface area contributed by atoms with Crippen LogP contribution in [0.3, 0.4) is 0 Å². The van der Waals surface area contributed by atoms with Gasteiger partial charge in [-0.05, 0) is 57.4 Å². The molecule has 4 nitrogen and oxygen atoms in total. The number of ether oxygens (including phenoxy) is 2. The Morgan fingerprint density at radius 1 is 1.36 bits per heavy atom. The molecule has 0 saturated carbocycles. The first-order valence-corrected chi connectivity index (χ1v) is 8.28. The monoisotopic (exact) mass is 307 g/mol. The molecule has 0 radical (unpaired) electrons. The first-order valence-electron chi connectivity index (χ1n) is 8.28. The van der Waals surface area contributed by atoms with Crippen molar-refractivity contribution in [1.82, 2.24) is 5.32 Å². The van der Waals surface area contributed by atoms with Crippen LogP contribution in [-0.2, 0) is 4.74 Å². The zero-order valence-corrected chi connectivity index (χ0v) is 14.2. The Kier molecular flexibility index (Phi) is 5.84. The van der Waals surface area contributed by atoms with Crippen LogP contribution in [0.2, 0.25) is 0 Å². The van der Waals surface area contributed by atoms with Crippen LogP contribution in [0.5, 0.6) is 5.75 Å². The molecule has 1 saturated heterocycles. The van der Waals surface area contributed by atoms with Crippen molar-refractivity contribution >= 4 is 0 Å². The van der Waals surface area contributed by atoms with E-state index in [4.69, 9.17) is 9.47 Å². The summed E-state index contributed by atoms with van der Waals surface area (Å²) in [4.78, 5) is 0. The highest BCUT2D eigenvalue weighted by atomic mass is 16.5. The average Bonchev–Trinajstić information content (AvgIpc) is 2.96. The van der Waals surface area contributed by atoms with E-state index in [-0.39, 0.29) is 12.1 Å². The van der Waals surface area contributed by atoms with Gasteiger partial charge in [0.25, 0.3) is 0 Å². The van der Waals surface area contributed by atoms with Crippen molar-refractivity contribution in [2.45, 2.75) is 58.3 Å². The molecule has 0 aliphatic carbocycles. The normalized spacial score (nSPS) is 24.2. The SMILES string of the molecule is CCOc1cccc([C@H]2NCC[C@H]2OCC(C)(O)CC)c1C. The molecule has 0 amide bonds. The van der Waals surface area contributed by atoms with E-state index in [9.17, 15) is 5.11 Å². The summed E-state index contributed by atoms with van der Waals surface area (Å²) in [6.07, 6.45) is 1.74. The van der Waals surface area contributed by atoms with Crippen molar-refractivity contribution in [3.63, 3.8) is 0 Å². The van der Waals surface area contributed by atoms with Gasteiger partial charge in [0.1, 0.15) is 5.75 Å². The molecule has 1 fully saturated rings. The summed E-state index contributed by atoms with van der Waals surface area (Å²) in [6, 6.07) is 6.34. The number of benzene rings is 1. The van der Waals surface area contributed by atoms with Gasteiger partial charge in [-0.3, -0.25) is 0 Å². The molecule has 2 N–H and O–H groups in total. The molecular weight excluding hydrogens is 278 g/mol. The second-order valence-corrected chi connectivity index (χ2v) is 6.32. The van der Waals surface area contributed by atoms with Gasteiger partial charge in [0.2, 0.25) is 0 Å². The van der Waals surface area contributed by atoms with Gasteiger partial charge in [0.05, 0.1) is 31.0 Å². The second-order valence-electron chi connectivity index (χ2n) is 6.32. The fourth-order valence-electron chi connectivity index (χ4n) is 2.84. The summed E-state index contributed by atoms with van der Waals surface area (Å²) >= 11 is 0. The van der Waals surface area contributed by atoms with E-state index in [0.29, 0.717) is 19.6 Å². The van der Waals surface area contributed by atoms with Crippen LogP contribution < -0.4 is 10.1 Å². The lowest BCUT2D eigenvalue weighted by Crippen LogP contribution is -2.34. The van der Waals surface area contributed by atoms with Gasteiger partial charge in [-0.2, -0.15) is 0 Å². The van der Waals surface area contributed by atoms with Crippen LogP contribution in [0.1, 0.15) is 50.8 Å². The summed E-state index contributed by atoms with van der Waals surface area (Å²) < 4.78 is 11.7. The molecule has 0 bridgehead atoms. The van der Waals surface area contributed by atoms with Gasteiger partial charge in [-0.1, -0.05) is 19.1 Å². The van der Waals surface area contributed by atoms with Crippen LogP contribution in [-0.4, -0.2) is 36.6 Å². The molecule has 22 heavy (non-hydrogen) atoms. The highest BCUT2D eigenvalue weighted by Gasteiger charge is 2.32. The second kappa shape index (κ2) is 7.44. The summed E-state index contributed by atoms with van der Waals surface area (Å²) in [5, 5.41) is 13.7. The number of hydrogen-bond donors (Lipinski definition) is 2. The van der Waals surface area contributed by atoms with Crippen molar-refractivity contribution < 1.29 is 14.6 Å². The third-order valence-corrected chi connectivity index (χ3v) is 4.50. The Balaban J connectivity index is 2.12. The van der Waals surface area contributed by atoms with Crippen molar-refractivity contribution in [2.75, 3.05) is 19.8 Å². The molecular formula is C18H29NO3. The zero-order valence-electron chi connectivity index (χ0n) is 14.2. The Morgan fingerprint density at radius 2 is 2.14 bits per heavy atom. The third-order valence-electron chi connectivity index (χ3n) is 4.50. The molecule has 1 aliphatic rings. The fraction of sp³-hybridized carbons (Fsp3) is 0.667. The zero-order chi connectivity index (χ0) is 16.2. The Morgan fingerprint density at radius 3 is 2.82 bits per heavy atom. The number of aliphatic hydroxyl groups is 1. The van der Waals surface area contributed by atoms with Gasteiger partial charge in [-0.25, -0.2) is 0 Å². The Labute approximate surface area is 133 Å². The molecule has 2 rings (SSSR count). The van der Waals surface area contributed by atoms with E-state index in [1.807, 2.05) is 32.9 Å². The molecule has 1 aromatic carbocycles. The predicted octanol–water partition coefficient (Wildman–Crippen LogP) is 2.97. The molecule has 1 unspecified atom stereocenters. The quantitative estimate of drug-likeness (QED) is 0.813. The Bertz CT molecular complexity index is 487. The van der Waals surface area contributed by atoms with Crippen LogP contribution >= 0.6 is 0 Å². The van der Waals surface area contributed by atoms with Crippen LogP contribution in [0, 0.1) is 6.92 Å². The minimum atomic E-state index is -0.755. The van der Waals surface area contributed by atoms with E-state index in [0.717, 1.165) is 18.7 Å². The summed E-state index contributed by atoms with van der Waals surface area (Å²) in [7, 11) is 0. The summed E-state index contributed by atoms with van der Waals surface area (Å²) in [5.74, 6) is 0.938. The standard InChI is InChI=1S/C18H29NO3/c1-5-18(4,20)12-22-16-10-11-19-17(16)14-8-7-9-15(13(14)3)21-6-2/h7-9,16-17,19-20H,5-6,10-12H2,1-4H3/t16-,17-,18?/m1/s1. The van der Waals surface area contributed by atoms with E-state index in [1.165, 1.54) is 11.1 Å². The first-order chi connectivity index (χ1) is 10.5. The van der Waals surface area contributed by atoms with Crippen molar-refractivity contribution in [2.24, 2.45) is 0 Å². The van der Waals surface area contributed by atoms with Gasteiger partial charge >= 0.3 is 0 Å². The number of rotatable bonds is 7.